The average Bonchev–Trinajstić information content (AvgIpc) is 2.81. The Hall–Kier alpha value is -1.41. The van der Waals surface area contributed by atoms with Crippen LogP contribution in [0.4, 0.5) is 11.5 Å². The van der Waals surface area contributed by atoms with E-state index < -0.39 is 0 Å². The molecule has 0 bridgehead atoms. The number of nitrogens with one attached hydrogen (secondary N) is 1. The summed E-state index contributed by atoms with van der Waals surface area (Å²) < 4.78 is 0. The number of thioether (sulfide) groups is 1. The fourth-order valence-electron chi connectivity index (χ4n) is 1.65. The van der Waals surface area contributed by atoms with Crippen LogP contribution in [-0.2, 0) is 0 Å². The van der Waals surface area contributed by atoms with Crippen LogP contribution in [0, 0.1) is 17.2 Å². The lowest BCUT2D eigenvalue weighted by Crippen LogP contribution is -2.14. The Labute approximate surface area is 99.2 Å². The highest BCUT2D eigenvalue weighted by Gasteiger charge is 2.15. The van der Waals surface area contributed by atoms with Gasteiger partial charge in [0.15, 0.2) is 5.69 Å². The first kappa shape index (κ1) is 11.1. The second kappa shape index (κ2) is 5.08. The number of nitriles is 1. The Balaban J connectivity index is 1.96. The summed E-state index contributed by atoms with van der Waals surface area (Å²) in [5.41, 5.74) is 6.33. The van der Waals surface area contributed by atoms with Crippen molar-refractivity contribution in [3.63, 3.8) is 0 Å². The van der Waals surface area contributed by atoms with E-state index in [1.807, 2.05) is 23.9 Å². The number of nitrogen functional groups attached to an aromatic ring is 1. The number of anilines is 2. The molecule has 2 heterocycles. The lowest BCUT2D eigenvalue weighted by molar-refractivity contribution is 0.630. The highest BCUT2D eigenvalue weighted by molar-refractivity contribution is 7.99. The van der Waals surface area contributed by atoms with Gasteiger partial charge in [0.1, 0.15) is 11.9 Å². The third kappa shape index (κ3) is 2.58. The second-order valence-corrected chi connectivity index (χ2v) is 5.01. The number of rotatable bonds is 3. The zero-order chi connectivity index (χ0) is 11.4. The average molecular weight is 234 g/mol. The summed E-state index contributed by atoms with van der Waals surface area (Å²) in [6, 6.07) is 5.52. The summed E-state index contributed by atoms with van der Waals surface area (Å²) in [5, 5.41) is 12.1. The standard InChI is InChI=1S/C11H14N4S/c12-5-10-9(13)1-2-11(15-10)14-6-8-3-4-16-7-8/h1-2,8H,3-4,6-7,13H2,(H,14,15). The smallest absolute Gasteiger partial charge is 0.165 e. The summed E-state index contributed by atoms with van der Waals surface area (Å²) in [7, 11) is 0. The third-order valence-electron chi connectivity index (χ3n) is 2.63. The van der Waals surface area contributed by atoms with Gasteiger partial charge in [-0.1, -0.05) is 0 Å². The number of nitrogens with two attached hydrogens (primary N) is 1. The van der Waals surface area contributed by atoms with Crippen molar-refractivity contribution in [2.24, 2.45) is 5.92 Å². The zero-order valence-electron chi connectivity index (χ0n) is 8.94. The normalized spacial score (nSPS) is 19.3. The molecule has 1 aliphatic rings. The van der Waals surface area contributed by atoms with Crippen molar-refractivity contribution in [3.05, 3.63) is 17.8 Å². The number of hydrogen-bond acceptors (Lipinski definition) is 5. The Morgan fingerprint density at radius 2 is 2.50 bits per heavy atom. The van der Waals surface area contributed by atoms with E-state index in [4.69, 9.17) is 11.0 Å². The molecule has 1 fully saturated rings. The van der Waals surface area contributed by atoms with Gasteiger partial charge in [0.05, 0.1) is 5.69 Å². The molecule has 1 aromatic heterocycles. The molecule has 0 spiro atoms. The zero-order valence-corrected chi connectivity index (χ0v) is 9.76. The monoisotopic (exact) mass is 234 g/mol. The molecule has 1 atom stereocenters. The molecule has 1 aromatic rings. The van der Waals surface area contributed by atoms with Crippen LogP contribution in [0.25, 0.3) is 0 Å². The number of aromatic nitrogens is 1. The molecule has 3 N–H and O–H groups in total. The maximum atomic E-state index is 8.80. The van der Waals surface area contributed by atoms with Gasteiger partial charge < -0.3 is 11.1 Å². The quantitative estimate of drug-likeness (QED) is 0.832. The van der Waals surface area contributed by atoms with Gasteiger partial charge in [-0.2, -0.15) is 17.0 Å². The van der Waals surface area contributed by atoms with E-state index in [2.05, 4.69) is 10.3 Å². The van der Waals surface area contributed by atoms with E-state index in [1.165, 1.54) is 17.9 Å². The maximum Gasteiger partial charge on any atom is 0.165 e. The number of pyridine rings is 1. The summed E-state index contributed by atoms with van der Waals surface area (Å²) in [6.07, 6.45) is 1.26. The van der Waals surface area contributed by atoms with Gasteiger partial charge in [-0.05, 0) is 36.0 Å². The lowest BCUT2D eigenvalue weighted by atomic mass is 10.1. The Morgan fingerprint density at radius 3 is 3.19 bits per heavy atom. The van der Waals surface area contributed by atoms with Gasteiger partial charge in [0.2, 0.25) is 0 Å². The topological polar surface area (TPSA) is 74.7 Å². The van der Waals surface area contributed by atoms with Gasteiger partial charge >= 0.3 is 0 Å². The molecule has 1 saturated heterocycles. The van der Waals surface area contributed by atoms with Crippen molar-refractivity contribution < 1.29 is 0 Å². The van der Waals surface area contributed by atoms with Gasteiger partial charge in [0, 0.05) is 6.54 Å². The second-order valence-electron chi connectivity index (χ2n) is 3.86. The van der Waals surface area contributed by atoms with Crippen LogP contribution in [0.5, 0.6) is 0 Å². The molecule has 0 aromatic carbocycles. The first-order valence-electron chi connectivity index (χ1n) is 5.28. The third-order valence-corrected chi connectivity index (χ3v) is 3.86. The van der Waals surface area contributed by atoms with E-state index in [0.717, 1.165) is 18.3 Å². The maximum absolute atomic E-state index is 8.80. The molecule has 84 valence electrons. The fraction of sp³-hybridized carbons (Fsp3) is 0.455. The van der Waals surface area contributed by atoms with Crippen molar-refractivity contribution in [2.75, 3.05) is 29.1 Å². The lowest BCUT2D eigenvalue weighted by Gasteiger charge is -2.10. The first-order valence-corrected chi connectivity index (χ1v) is 6.43. The van der Waals surface area contributed by atoms with Crippen molar-refractivity contribution in [2.45, 2.75) is 6.42 Å². The first-order chi connectivity index (χ1) is 7.79. The Morgan fingerprint density at radius 1 is 1.62 bits per heavy atom. The van der Waals surface area contributed by atoms with Crippen LogP contribution in [0.1, 0.15) is 12.1 Å². The van der Waals surface area contributed by atoms with Crippen molar-refractivity contribution >= 4 is 23.3 Å². The summed E-state index contributed by atoms with van der Waals surface area (Å²) >= 11 is 1.99. The number of nitrogens with zero attached hydrogens (tertiary/aromatic N) is 2. The summed E-state index contributed by atoms with van der Waals surface area (Å²) in [6.45, 7) is 0.925. The van der Waals surface area contributed by atoms with Gasteiger partial charge in [-0.3, -0.25) is 0 Å². The van der Waals surface area contributed by atoms with Crippen LogP contribution in [0.15, 0.2) is 12.1 Å². The van der Waals surface area contributed by atoms with Crippen LogP contribution in [0.2, 0.25) is 0 Å². The minimum Gasteiger partial charge on any atom is -0.396 e. The number of hydrogen-bond donors (Lipinski definition) is 2. The van der Waals surface area contributed by atoms with E-state index in [0.29, 0.717) is 11.4 Å². The molecule has 1 unspecified atom stereocenters. The molecule has 5 heteroatoms. The van der Waals surface area contributed by atoms with Crippen molar-refractivity contribution in [1.29, 1.82) is 5.26 Å². The Kier molecular flexibility index (Phi) is 3.52. The van der Waals surface area contributed by atoms with Crippen LogP contribution < -0.4 is 11.1 Å². The molecule has 0 saturated carbocycles. The SMILES string of the molecule is N#Cc1nc(NCC2CCSC2)ccc1N. The van der Waals surface area contributed by atoms with Gasteiger partial charge in [-0.25, -0.2) is 4.98 Å². The van der Waals surface area contributed by atoms with E-state index >= 15 is 0 Å². The summed E-state index contributed by atoms with van der Waals surface area (Å²) in [4.78, 5) is 4.15. The molecule has 16 heavy (non-hydrogen) atoms. The van der Waals surface area contributed by atoms with Gasteiger partial charge in [-0.15, -0.1) is 0 Å². The van der Waals surface area contributed by atoms with E-state index in [1.54, 1.807) is 6.07 Å². The van der Waals surface area contributed by atoms with Crippen LogP contribution >= 0.6 is 11.8 Å². The molecule has 4 nitrogen and oxygen atoms in total. The van der Waals surface area contributed by atoms with Crippen molar-refractivity contribution in [3.8, 4) is 6.07 Å². The largest absolute Gasteiger partial charge is 0.396 e. The molecular weight excluding hydrogens is 220 g/mol. The minimum atomic E-state index is 0.297. The van der Waals surface area contributed by atoms with Crippen LogP contribution in [0.3, 0.4) is 0 Å². The predicted molar refractivity (Wildman–Crippen MR) is 67.3 cm³/mol. The van der Waals surface area contributed by atoms with E-state index in [-0.39, 0.29) is 0 Å². The Bertz CT molecular complexity index is 407. The molecular formula is C11H14N4S. The van der Waals surface area contributed by atoms with Gasteiger partial charge in [0.25, 0.3) is 0 Å². The highest BCUT2D eigenvalue weighted by Crippen LogP contribution is 2.23. The fourth-order valence-corrected chi connectivity index (χ4v) is 2.94. The highest BCUT2D eigenvalue weighted by atomic mass is 32.2. The predicted octanol–water partition coefficient (Wildman–Crippen LogP) is 1.70. The van der Waals surface area contributed by atoms with Crippen molar-refractivity contribution in [1.82, 2.24) is 4.98 Å². The van der Waals surface area contributed by atoms with Crippen LogP contribution in [-0.4, -0.2) is 23.0 Å². The van der Waals surface area contributed by atoms with E-state index in [9.17, 15) is 0 Å². The minimum absolute atomic E-state index is 0.297. The molecule has 0 amide bonds. The molecule has 0 aliphatic carbocycles. The molecule has 1 aliphatic heterocycles. The summed E-state index contributed by atoms with van der Waals surface area (Å²) in [5.74, 6) is 3.93. The molecule has 0 radical (unpaired) electrons. The molecule has 2 rings (SSSR count).